The molecule has 1 saturated carbocycles. The van der Waals surface area contributed by atoms with Gasteiger partial charge < -0.3 is 15.1 Å². The van der Waals surface area contributed by atoms with Crippen LogP contribution in [0.2, 0.25) is 0 Å². The largest absolute Gasteiger partial charge is 0.378 e. The molecule has 6 nitrogen and oxygen atoms in total. The van der Waals surface area contributed by atoms with Crippen molar-refractivity contribution in [2.75, 3.05) is 32.1 Å². The summed E-state index contributed by atoms with van der Waals surface area (Å²) in [5.74, 6) is 0.865. The first kappa shape index (κ1) is 22.6. The zero-order valence-corrected chi connectivity index (χ0v) is 20.9. The van der Waals surface area contributed by atoms with Crippen LogP contribution in [0.3, 0.4) is 0 Å². The molecule has 1 N–H and O–H groups in total. The number of amides is 2. The van der Waals surface area contributed by atoms with E-state index in [9.17, 15) is 9.59 Å². The Bertz CT molecular complexity index is 1230. The van der Waals surface area contributed by atoms with Crippen LogP contribution in [0.5, 0.6) is 0 Å². The third-order valence-electron chi connectivity index (χ3n) is 6.90. The fourth-order valence-electron chi connectivity index (χ4n) is 4.97. The predicted molar refractivity (Wildman–Crippen MR) is 137 cm³/mol. The number of fused-ring (bicyclic) bond motifs is 1. The van der Waals surface area contributed by atoms with Crippen molar-refractivity contribution in [3.05, 3.63) is 70.4 Å². The van der Waals surface area contributed by atoms with Crippen molar-refractivity contribution < 1.29 is 9.59 Å². The quantitative estimate of drug-likeness (QED) is 0.576. The molecular weight excluding hydrogens is 444 g/mol. The molecule has 0 radical (unpaired) electrons. The average molecular weight is 475 g/mol. The molecule has 2 aliphatic rings. The van der Waals surface area contributed by atoms with E-state index in [-0.39, 0.29) is 17.9 Å². The van der Waals surface area contributed by atoms with Crippen molar-refractivity contribution in [2.24, 2.45) is 11.8 Å². The number of carbonyl (C=O) groups excluding carboxylic acids is 2. The fourth-order valence-corrected chi connectivity index (χ4v) is 5.87. The third-order valence-corrected chi connectivity index (χ3v) is 7.92. The van der Waals surface area contributed by atoms with Gasteiger partial charge in [0, 0.05) is 38.4 Å². The Labute approximate surface area is 204 Å². The second-order valence-corrected chi connectivity index (χ2v) is 10.8. The number of likely N-dealkylation sites (tertiary alicyclic amines) is 1. The first-order valence-corrected chi connectivity index (χ1v) is 12.5. The van der Waals surface area contributed by atoms with Crippen LogP contribution < -0.4 is 10.2 Å². The van der Waals surface area contributed by atoms with Gasteiger partial charge in [0.25, 0.3) is 11.8 Å². The van der Waals surface area contributed by atoms with Gasteiger partial charge in [-0.25, -0.2) is 4.98 Å². The van der Waals surface area contributed by atoms with E-state index >= 15 is 0 Å². The summed E-state index contributed by atoms with van der Waals surface area (Å²) in [7, 11) is 3.95. The van der Waals surface area contributed by atoms with Gasteiger partial charge in [-0.05, 0) is 61.9 Å². The van der Waals surface area contributed by atoms with Gasteiger partial charge in [-0.2, -0.15) is 0 Å². The number of benzene rings is 2. The predicted octanol–water partition coefficient (Wildman–Crippen LogP) is 4.38. The fraction of sp³-hybridized carbons (Fsp3) is 0.370. The maximum atomic E-state index is 13.7. The van der Waals surface area contributed by atoms with Crippen LogP contribution >= 0.6 is 11.3 Å². The summed E-state index contributed by atoms with van der Waals surface area (Å²) in [6, 6.07) is 15.8. The van der Waals surface area contributed by atoms with E-state index in [0.717, 1.165) is 39.7 Å². The molecule has 1 aliphatic carbocycles. The van der Waals surface area contributed by atoms with Gasteiger partial charge >= 0.3 is 0 Å². The highest BCUT2D eigenvalue weighted by atomic mass is 32.1. The highest BCUT2D eigenvalue weighted by Crippen LogP contribution is 2.50. The zero-order chi connectivity index (χ0) is 24.0. The lowest BCUT2D eigenvalue weighted by Crippen LogP contribution is -2.45. The Morgan fingerprint density at radius 1 is 1.15 bits per heavy atom. The minimum atomic E-state index is -0.105. The van der Waals surface area contributed by atoms with Gasteiger partial charge in [-0.15, -0.1) is 11.3 Å². The van der Waals surface area contributed by atoms with Crippen LogP contribution in [-0.4, -0.2) is 54.9 Å². The number of nitrogens with one attached hydrogen (secondary N) is 1. The Hall–Kier alpha value is -3.19. The number of piperidine rings is 1. The van der Waals surface area contributed by atoms with E-state index in [1.807, 2.05) is 67.2 Å². The molecule has 7 heteroatoms. The lowest BCUT2D eigenvalue weighted by atomic mass is 10.1. The molecule has 1 saturated heterocycles. The summed E-state index contributed by atoms with van der Waals surface area (Å²) >= 11 is 1.56. The molecule has 176 valence electrons. The molecule has 3 atom stereocenters. The number of aryl methyl sites for hydroxylation is 2. The Balaban J connectivity index is 1.32. The SMILES string of the molecule is Cc1cccc(-c2sc(C)nc2C(=O)N2C[C@H]3CC3[C@H]2CNC(=O)c2ccc(N(C)C)cc2)c1. The van der Waals surface area contributed by atoms with E-state index in [1.165, 1.54) is 0 Å². The van der Waals surface area contributed by atoms with Crippen molar-refractivity contribution in [3.63, 3.8) is 0 Å². The van der Waals surface area contributed by atoms with Crippen LogP contribution in [0.25, 0.3) is 10.4 Å². The Morgan fingerprint density at radius 2 is 1.91 bits per heavy atom. The van der Waals surface area contributed by atoms with Crippen molar-refractivity contribution in [1.82, 2.24) is 15.2 Å². The normalized spacial score (nSPS) is 20.7. The molecule has 1 aromatic heterocycles. The number of carbonyl (C=O) groups is 2. The monoisotopic (exact) mass is 474 g/mol. The molecule has 1 unspecified atom stereocenters. The van der Waals surface area contributed by atoms with Gasteiger partial charge in [0.05, 0.1) is 15.9 Å². The number of rotatable bonds is 6. The molecule has 2 amide bonds. The molecule has 2 fully saturated rings. The number of hydrogen-bond acceptors (Lipinski definition) is 5. The van der Waals surface area contributed by atoms with Crippen molar-refractivity contribution in [1.29, 1.82) is 0 Å². The van der Waals surface area contributed by atoms with Crippen LogP contribution in [-0.2, 0) is 0 Å². The molecule has 1 aliphatic heterocycles. The summed E-state index contributed by atoms with van der Waals surface area (Å²) < 4.78 is 0. The molecule has 0 bridgehead atoms. The minimum absolute atomic E-state index is 0.00913. The molecule has 2 aromatic carbocycles. The molecule has 34 heavy (non-hydrogen) atoms. The summed E-state index contributed by atoms with van der Waals surface area (Å²) in [5.41, 5.74) is 4.40. The standard InChI is InChI=1S/C27H30N4O2S/c1-16-6-5-7-19(12-16)25-24(29-17(2)34-25)27(33)31-15-20-13-22(20)23(31)14-28-26(32)18-8-10-21(11-9-18)30(3)4/h5-12,20,22-23H,13-15H2,1-4H3,(H,28,32)/t20-,22?,23-/m1/s1. The molecule has 3 aromatic rings. The number of anilines is 1. The minimum Gasteiger partial charge on any atom is -0.378 e. The van der Waals surface area contributed by atoms with Crippen LogP contribution in [0.4, 0.5) is 5.69 Å². The van der Waals surface area contributed by atoms with E-state index in [0.29, 0.717) is 29.6 Å². The topological polar surface area (TPSA) is 65.5 Å². The van der Waals surface area contributed by atoms with Gasteiger partial charge in [0.1, 0.15) is 5.69 Å². The van der Waals surface area contributed by atoms with E-state index < -0.39 is 0 Å². The Morgan fingerprint density at radius 3 is 2.62 bits per heavy atom. The first-order valence-electron chi connectivity index (χ1n) is 11.7. The smallest absolute Gasteiger partial charge is 0.274 e. The summed E-state index contributed by atoms with van der Waals surface area (Å²) in [4.78, 5) is 36.0. The average Bonchev–Trinajstić information content (AvgIpc) is 3.33. The van der Waals surface area contributed by atoms with Gasteiger partial charge in [-0.3, -0.25) is 9.59 Å². The van der Waals surface area contributed by atoms with Gasteiger partial charge in [0.2, 0.25) is 0 Å². The van der Waals surface area contributed by atoms with E-state index in [1.54, 1.807) is 11.3 Å². The highest BCUT2D eigenvalue weighted by Gasteiger charge is 2.54. The number of hydrogen-bond donors (Lipinski definition) is 1. The first-order chi connectivity index (χ1) is 16.3. The summed E-state index contributed by atoms with van der Waals surface area (Å²) in [6.07, 6.45) is 1.13. The van der Waals surface area contributed by atoms with Crippen LogP contribution in [0.15, 0.2) is 48.5 Å². The van der Waals surface area contributed by atoms with E-state index in [4.69, 9.17) is 0 Å². The molecule has 5 rings (SSSR count). The molecule has 0 spiro atoms. The molecule has 2 heterocycles. The second kappa shape index (κ2) is 8.87. The van der Waals surface area contributed by atoms with Crippen molar-refractivity contribution >= 4 is 28.8 Å². The van der Waals surface area contributed by atoms with E-state index in [2.05, 4.69) is 29.4 Å². The number of aromatic nitrogens is 1. The summed E-state index contributed by atoms with van der Waals surface area (Å²) in [5, 5.41) is 3.96. The third kappa shape index (κ3) is 4.32. The van der Waals surface area contributed by atoms with Crippen LogP contribution in [0, 0.1) is 25.7 Å². The second-order valence-electron chi connectivity index (χ2n) is 9.62. The lowest BCUT2D eigenvalue weighted by Gasteiger charge is -2.27. The maximum Gasteiger partial charge on any atom is 0.274 e. The maximum absolute atomic E-state index is 13.7. The highest BCUT2D eigenvalue weighted by molar-refractivity contribution is 7.15. The van der Waals surface area contributed by atoms with Gasteiger partial charge in [-0.1, -0.05) is 29.8 Å². The number of nitrogens with zero attached hydrogens (tertiary/aromatic N) is 3. The Kier molecular flexibility index (Phi) is 5.90. The zero-order valence-electron chi connectivity index (χ0n) is 20.0. The lowest BCUT2D eigenvalue weighted by molar-refractivity contribution is 0.0690. The van der Waals surface area contributed by atoms with Crippen molar-refractivity contribution in [2.45, 2.75) is 26.3 Å². The van der Waals surface area contributed by atoms with Crippen LogP contribution in [0.1, 0.15) is 37.8 Å². The summed E-state index contributed by atoms with van der Waals surface area (Å²) in [6.45, 7) is 5.20. The number of thiazole rings is 1. The van der Waals surface area contributed by atoms with Crippen molar-refractivity contribution in [3.8, 4) is 10.4 Å². The van der Waals surface area contributed by atoms with Gasteiger partial charge in [0.15, 0.2) is 0 Å². The molecular formula is C27H30N4O2S.